The topological polar surface area (TPSA) is 3.24 Å². The Hall–Kier alpha value is -0.530. The van der Waals surface area contributed by atoms with E-state index >= 15 is 0 Å². The zero-order chi connectivity index (χ0) is 12.1. The highest BCUT2D eigenvalue weighted by Crippen LogP contribution is 2.15. The van der Waals surface area contributed by atoms with E-state index in [9.17, 15) is 0 Å². The van der Waals surface area contributed by atoms with Crippen molar-refractivity contribution in [2.24, 2.45) is 0 Å². The minimum absolute atomic E-state index is 0.264. The number of nitrogens with zero attached hydrogens (tertiary/aromatic N) is 1. The molecule has 0 aliphatic rings. The molecule has 1 unspecified atom stereocenters. The maximum atomic E-state index is 5.96. The van der Waals surface area contributed by atoms with Crippen LogP contribution in [0.2, 0.25) is 0 Å². The van der Waals surface area contributed by atoms with Crippen LogP contribution in [0.4, 0.5) is 0 Å². The molecule has 0 aliphatic carbocycles. The standard InChI is InChI=1S/C14H22ClN/c1-11-6-5-7-12(2)14(11)10-16(4)9-8-13(3)15/h5-7,13H,8-10H2,1-4H3. The molecule has 0 aromatic heterocycles. The van der Waals surface area contributed by atoms with Crippen LogP contribution in [0.25, 0.3) is 0 Å². The van der Waals surface area contributed by atoms with E-state index in [0.717, 1.165) is 19.5 Å². The van der Waals surface area contributed by atoms with Gasteiger partial charge >= 0.3 is 0 Å². The molecule has 0 radical (unpaired) electrons. The van der Waals surface area contributed by atoms with Crippen molar-refractivity contribution in [2.45, 2.75) is 39.1 Å². The van der Waals surface area contributed by atoms with E-state index in [1.807, 2.05) is 0 Å². The molecule has 16 heavy (non-hydrogen) atoms. The zero-order valence-electron chi connectivity index (χ0n) is 10.8. The minimum Gasteiger partial charge on any atom is -0.302 e. The number of benzene rings is 1. The van der Waals surface area contributed by atoms with E-state index in [1.165, 1.54) is 16.7 Å². The Morgan fingerprint density at radius 1 is 1.25 bits per heavy atom. The normalized spacial score (nSPS) is 13.1. The van der Waals surface area contributed by atoms with Crippen molar-refractivity contribution in [1.29, 1.82) is 0 Å². The van der Waals surface area contributed by atoms with Gasteiger partial charge in [0.25, 0.3) is 0 Å². The lowest BCUT2D eigenvalue weighted by Gasteiger charge is -2.20. The molecular formula is C14H22ClN. The SMILES string of the molecule is Cc1cccc(C)c1CN(C)CCC(C)Cl. The second kappa shape index (κ2) is 6.27. The number of hydrogen-bond donors (Lipinski definition) is 0. The molecule has 90 valence electrons. The molecule has 0 aliphatic heterocycles. The van der Waals surface area contributed by atoms with Gasteiger partial charge in [-0.1, -0.05) is 18.2 Å². The average Bonchev–Trinajstić information content (AvgIpc) is 2.21. The van der Waals surface area contributed by atoms with E-state index in [4.69, 9.17) is 11.6 Å². The van der Waals surface area contributed by atoms with Gasteiger partial charge in [-0.25, -0.2) is 0 Å². The molecule has 2 heteroatoms. The first kappa shape index (κ1) is 13.5. The van der Waals surface area contributed by atoms with Gasteiger partial charge < -0.3 is 4.90 Å². The highest BCUT2D eigenvalue weighted by molar-refractivity contribution is 6.20. The minimum atomic E-state index is 0.264. The summed E-state index contributed by atoms with van der Waals surface area (Å²) in [5.74, 6) is 0. The largest absolute Gasteiger partial charge is 0.302 e. The Labute approximate surface area is 104 Å². The molecule has 1 nitrogen and oxygen atoms in total. The van der Waals surface area contributed by atoms with Gasteiger partial charge in [0.15, 0.2) is 0 Å². The molecule has 0 fully saturated rings. The second-order valence-corrected chi connectivity index (χ2v) is 5.42. The van der Waals surface area contributed by atoms with Crippen LogP contribution in [0.5, 0.6) is 0 Å². The number of halogens is 1. The van der Waals surface area contributed by atoms with Gasteiger partial charge in [-0.3, -0.25) is 0 Å². The first-order valence-electron chi connectivity index (χ1n) is 5.88. The van der Waals surface area contributed by atoms with Gasteiger partial charge in [-0.2, -0.15) is 0 Å². The van der Waals surface area contributed by atoms with E-state index in [-0.39, 0.29) is 5.38 Å². The van der Waals surface area contributed by atoms with Crippen molar-refractivity contribution >= 4 is 11.6 Å². The number of aryl methyl sites for hydroxylation is 2. The summed E-state index contributed by atoms with van der Waals surface area (Å²) in [6, 6.07) is 6.48. The van der Waals surface area contributed by atoms with Crippen LogP contribution in [0, 0.1) is 13.8 Å². The summed E-state index contributed by atoms with van der Waals surface area (Å²) in [6.07, 6.45) is 1.04. The summed E-state index contributed by atoms with van der Waals surface area (Å²) in [6.45, 7) is 8.48. The molecule has 0 bridgehead atoms. The molecule has 0 spiro atoms. The molecule has 0 heterocycles. The van der Waals surface area contributed by atoms with E-state index < -0.39 is 0 Å². The molecule has 1 aromatic rings. The molecular weight excluding hydrogens is 218 g/mol. The smallest absolute Gasteiger partial charge is 0.0320 e. The summed E-state index contributed by atoms with van der Waals surface area (Å²) in [5.41, 5.74) is 4.21. The van der Waals surface area contributed by atoms with Gasteiger partial charge in [0.05, 0.1) is 0 Å². The summed E-state index contributed by atoms with van der Waals surface area (Å²) in [4.78, 5) is 2.34. The van der Waals surface area contributed by atoms with Crippen LogP contribution in [0.3, 0.4) is 0 Å². The second-order valence-electron chi connectivity index (χ2n) is 4.68. The van der Waals surface area contributed by atoms with Crippen LogP contribution < -0.4 is 0 Å². The van der Waals surface area contributed by atoms with Gasteiger partial charge in [-0.15, -0.1) is 11.6 Å². The fraction of sp³-hybridized carbons (Fsp3) is 0.571. The van der Waals surface area contributed by atoms with Crippen LogP contribution in [-0.4, -0.2) is 23.9 Å². The van der Waals surface area contributed by atoms with Gasteiger partial charge in [0.1, 0.15) is 0 Å². The Morgan fingerprint density at radius 3 is 2.31 bits per heavy atom. The average molecular weight is 240 g/mol. The maximum Gasteiger partial charge on any atom is 0.0320 e. The summed E-state index contributed by atoms with van der Waals surface area (Å²) in [5, 5.41) is 0.264. The molecule has 0 amide bonds. The van der Waals surface area contributed by atoms with Crippen molar-refractivity contribution in [3.05, 3.63) is 34.9 Å². The maximum absolute atomic E-state index is 5.96. The van der Waals surface area contributed by atoms with Crippen molar-refractivity contribution < 1.29 is 0 Å². The lowest BCUT2D eigenvalue weighted by molar-refractivity contribution is 0.320. The number of alkyl halides is 1. The Bertz CT molecular complexity index is 313. The third-order valence-electron chi connectivity index (χ3n) is 2.98. The molecule has 1 aromatic carbocycles. The van der Waals surface area contributed by atoms with E-state index in [0.29, 0.717) is 0 Å². The predicted octanol–water partition coefficient (Wildman–Crippen LogP) is 3.75. The Balaban J connectivity index is 2.59. The van der Waals surface area contributed by atoms with Gasteiger partial charge in [0, 0.05) is 11.9 Å². The van der Waals surface area contributed by atoms with Crippen LogP contribution in [0.1, 0.15) is 30.0 Å². The molecule has 0 saturated heterocycles. The molecule has 1 rings (SSSR count). The fourth-order valence-electron chi connectivity index (χ4n) is 1.85. The van der Waals surface area contributed by atoms with Gasteiger partial charge in [-0.05, 0) is 57.5 Å². The summed E-state index contributed by atoms with van der Waals surface area (Å²) >= 11 is 5.96. The molecule has 1 atom stereocenters. The van der Waals surface area contributed by atoms with Crippen molar-refractivity contribution in [2.75, 3.05) is 13.6 Å². The number of hydrogen-bond acceptors (Lipinski definition) is 1. The monoisotopic (exact) mass is 239 g/mol. The third-order valence-corrected chi connectivity index (χ3v) is 3.20. The van der Waals surface area contributed by atoms with Crippen molar-refractivity contribution in [1.82, 2.24) is 4.90 Å². The van der Waals surface area contributed by atoms with Crippen molar-refractivity contribution in [3.63, 3.8) is 0 Å². The Morgan fingerprint density at radius 2 is 1.81 bits per heavy atom. The lowest BCUT2D eigenvalue weighted by atomic mass is 10.0. The van der Waals surface area contributed by atoms with E-state index in [2.05, 4.69) is 50.9 Å². The first-order valence-corrected chi connectivity index (χ1v) is 6.32. The third kappa shape index (κ3) is 4.15. The molecule has 0 N–H and O–H groups in total. The van der Waals surface area contributed by atoms with E-state index in [1.54, 1.807) is 0 Å². The highest BCUT2D eigenvalue weighted by atomic mass is 35.5. The number of rotatable bonds is 5. The van der Waals surface area contributed by atoms with Crippen LogP contribution in [-0.2, 0) is 6.54 Å². The van der Waals surface area contributed by atoms with Crippen LogP contribution >= 0.6 is 11.6 Å². The summed E-state index contributed by atoms with van der Waals surface area (Å²) < 4.78 is 0. The van der Waals surface area contributed by atoms with Gasteiger partial charge in [0.2, 0.25) is 0 Å². The predicted molar refractivity (Wildman–Crippen MR) is 72.2 cm³/mol. The van der Waals surface area contributed by atoms with Crippen LogP contribution in [0.15, 0.2) is 18.2 Å². The first-order chi connectivity index (χ1) is 7.50. The van der Waals surface area contributed by atoms with Crippen molar-refractivity contribution in [3.8, 4) is 0 Å². The fourth-order valence-corrected chi connectivity index (χ4v) is 1.94. The highest BCUT2D eigenvalue weighted by Gasteiger charge is 2.06. The zero-order valence-corrected chi connectivity index (χ0v) is 11.5. The quantitative estimate of drug-likeness (QED) is 0.708. The Kier molecular flexibility index (Phi) is 5.30. The lowest BCUT2D eigenvalue weighted by Crippen LogP contribution is -2.21. The molecule has 0 saturated carbocycles. The summed E-state index contributed by atoms with van der Waals surface area (Å²) in [7, 11) is 2.16.